The minimum atomic E-state index is -0.0104. The van der Waals surface area contributed by atoms with Gasteiger partial charge in [0.25, 0.3) is 0 Å². The molecule has 0 unspecified atom stereocenters. The van der Waals surface area contributed by atoms with Gasteiger partial charge in [-0.2, -0.15) is 6.92 Å². The van der Waals surface area contributed by atoms with Crippen LogP contribution >= 0.6 is 0 Å². The van der Waals surface area contributed by atoms with Crippen LogP contribution < -0.4 is 0 Å². The van der Waals surface area contributed by atoms with Crippen LogP contribution in [0.15, 0.2) is 0 Å². The van der Waals surface area contributed by atoms with Crippen LogP contribution in [0.2, 0.25) is 0 Å². The summed E-state index contributed by atoms with van der Waals surface area (Å²) in [7, 11) is 1.43. The smallest absolute Gasteiger partial charge is 0.634 e. The van der Waals surface area contributed by atoms with E-state index in [9.17, 15) is 0 Å². The fourth-order valence-corrected chi connectivity index (χ4v) is 0.0830. The molecule has 10 heavy (non-hydrogen) atoms. The van der Waals surface area contributed by atoms with Crippen molar-refractivity contribution < 1.29 is 40.1 Å². The summed E-state index contributed by atoms with van der Waals surface area (Å²) in [5, 5.41) is 0. The summed E-state index contributed by atoms with van der Waals surface area (Å²) in [6.07, 6.45) is 1.50. The minimum Gasteiger partial charge on any atom is -0.634 e. The van der Waals surface area contributed by atoms with E-state index < -0.39 is 0 Å². The van der Waals surface area contributed by atoms with E-state index in [0.717, 1.165) is 0 Å². The van der Waals surface area contributed by atoms with Gasteiger partial charge in [-0.05, 0) is 0 Å². The molecule has 0 heterocycles. The average molecular weight is 316 g/mol. The molecule has 0 atom stereocenters. The fourth-order valence-electron chi connectivity index (χ4n) is 0.0830. The summed E-state index contributed by atoms with van der Waals surface area (Å²) < 4.78 is 8.25. The first-order valence-electron chi connectivity index (χ1n) is 2.10. The summed E-state index contributed by atoms with van der Waals surface area (Å²) >= 11 is 0. The summed E-state index contributed by atoms with van der Waals surface area (Å²) in [5.41, 5.74) is 0. The number of hydrogen-bond donors (Lipinski definition) is 0. The number of rotatable bonds is 3. The van der Waals surface area contributed by atoms with Gasteiger partial charge in [-0.25, -0.2) is 0 Å². The Balaban J connectivity index is -0.000000107. The number of hydrogen-bond acceptors (Lipinski definition) is 4. The molecule has 0 aromatic carbocycles. The largest absolute Gasteiger partial charge is 2.00 e. The summed E-state index contributed by atoms with van der Waals surface area (Å²) in [5.74, 6) is 0. The second kappa shape index (κ2) is 23.3. The van der Waals surface area contributed by atoms with E-state index in [1.165, 1.54) is 26.8 Å². The zero-order valence-electron chi connectivity index (χ0n) is 5.75. The SMILES string of the molecule is COCO[C-]=O.C[C-]=O.[W+2]. The third kappa shape index (κ3) is 46.2. The van der Waals surface area contributed by atoms with Crippen LogP contribution in [0.5, 0.6) is 0 Å². The van der Waals surface area contributed by atoms with Crippen molar-refractivity contribution in [3.8, 4) is 0 Å². The Labute approximate surface area is 74.1 Å². The van der Waals surface area contributed by atoms with Gasteiger partial charge < -0.3 is 19.1 Å². The van der Waals surface area contributed by atoms with Gasteiger partial charge in [-0.15, -0.1) is 0 Å². The van der Waals surface area contributed by atoms with Crippen LogP contribution in [-0.2, 0) is 40.1 Å². The second-order valence-electron chi connectivity index (χ2n) is 0.838. The van der Waals surface area contributed by atoms with Crippen molar-refractivity contribution in [3.63, 3.8) is 0 Å². The molecule has 0 aliphatic rings. The topological polar surface area (TPSA) is 52.6 Å². The maximum absolute atomic E-state index is 9.14. The maximum Gasteiger partial charge on any atom is 2.00 e. The molecule has 0 N–H and O–H groups in total. The van der Waals surface area contributed by atoms with Crippen LogP contribution in [0.4, 0.5) is 0 Å². The van der Waals surface area contributed by atoms with Crippen LogP contribution in [-0.4, -0.2) is 26.7 Å². The summed E-state index contributed by atoms with van der Waals surface area (Å²) in [6.45, 7) is 2.50. The minimum absolute atomic E-state index is 0. The molecule has 5 heteroatoms. The van der Waals surface area contributed by atoms with Crippen molar-refractivity contribution in [3.05, 3.63) is 0 Å². The Morgan fingerprint density at radius 3 is 1.90 bits per heavy atom. The van der Waals surface area contributed by atoms with Crippen molar-refractivity contribution in [2.45, 2.75) is 6.92 Å². The molecule has 0 radical (unpaired) electrons. The van der Waals surface area contributed by atoms with Crippen LogP contribution in [0, 0.1) is 0 Å². The zero-order valence-corrected chi connectivity index (χ0v) is 8.68. The Morgan fingerprint density at radius 2 is 1.80 bits per heavy atom. The molecule has 0 aliphatic heterocycles. The molecule has 0 fully saturated rings. The van der Waals surface area contributed by atoms with E-state index in [1.54, 1.807) is 0 Å². The van der Waals surface area contributed by atoms with E-state index >= 15 is 0 Å². The van der Waals surface area contributed by atoms with Crippen molar-refractivity contribution in [1.29, 1.82) is 0 Å². The van der Waals surface area contributed by atoms with Gasteiger partial charge in [-0.1, -0.05) is 6.47 Å². The molecule has 0 aliphatic carbocycles. The first kappa shape index (κ1) is 16.4. The molecular formula is C5H8O4W. The van der Waals surface area contributed by atoms with E-state index in [1.807, 2.05) is 0 Å². The van der Waals surface area contributed by atoms with Crippen molar-refractivity contribution in [2.75, 3.05) is 13.9 Å². The number of methoxy groups -OCH3 is 1. The van der Waals surface area contributed by atoms with Crippen LogP contribution in [0.3, 0.4) is 0 Å². The predicted octanol–water partition coefficient (Wildman–Crippen LogP) is -0.212. The average Bonchev–Trinajstić information content (AvgIpc) is 1.86. The van der Waals surface area contributed by atoms with Gasteiger partial charge in [0.1, 0.15) is 0 Å². The van der Waals surface area contributed by atoms with Gasteiger partial charge in [0.15, 0.2) is 6.79 Å². The van der Waals surface area contributed by atoms with Gasteiger partial charge in [0, 0.05) is 7.11 Å². The second-order valence-corrected chi connectivity index (χ2v) is 0.838. The molecule has 0 bridgehead atoms. The Kier molecular flexibility index (Phi) is 38.1. The molecular weight excluding hydrogens is 308 g/mol. The predicted molar refractivity (Wildman–Crippen MR) is 30.0 cm³/mol. The first-order valence-corrected chi connectivity index (χ1v) is 2.10. The standard InChI is InChI=1S/C3H5O3.C2H3O.W/c1-5-3-6-2-4;1-2-3;/h3H2,1H3;1H3;/q2*-1;+2. The normalized spacial score (nSPS) is 5.80. The van der Waals surface area contributed by atoms with Crippen molar-refractivity contribution in [1.82, 2.24) is 0 Å². The quantitative estimate of drug-likeness (QED) is 0.411. The Hall–Kier alpha value is -0.212. The molecule has 0 rings (SSSR count). The first-order chi connectivity index (χ1) is 4.33. The van der Waals surface area contributed by atoms with E-state index in [-0.39, 0.29) is 27.9 Å². The van der Waals surface area contributed by atoms with Gasteiger partial charge >= 0.3 is 21.1 Å². The van der Waals surface area contributed by atoms with Crippen LogP contribution in [0.1, 0.15) is 6.92 Å². The number of carbonyl (C=O) groups excluding carboxylic acids is 2. The number of ether oxygens (including phenoxy) is 2. The Morgan fingerprint density at radius 1 is 1.40 bits per heavy atom. The van der Waals surface area contributed by atoms with E-state index in [0.29, 0.717) is 0 Å². The van der Waals surface area contributed by atoms with E-state index in [4.69, 9.17) is 9.59 Å². The molecule has 0 saturated carbocycles. The van der Waals surface area contributed by atoms with Gasteiger partial charge in [0.05, 0.1) is 0 Å². The van der Waals surface area contributed by atoms with Gasteiger partial charge in [-0.3, -0.25) is 6.29 Å². The maximum atomic E-state index is 9.14. The molecule has 0 saturated heterocycles. The third-order valence-corrected chi connectivity index (χ3v) is 0.236. The van der Waals surface area contributed by atoms with Gasteiger partial charge in [0.2, 0.25) is 0 Å². The van der Waals surface area contributed by atoms with E-state index in [2.05, 4.69) is 9.47 Å². The molecule has 0 aromatic heterocycles. The molecule has 4 nitrogen and oxygen atoms in total. The Bertz CT molecular complexity index is 66.7. The summed E-state index contributed by atoms with van der Waals surface area (Å²) in [4.78, 5) is 17.8. The molecule has 0 spiro atoms. The van der Waals surface area contributed by atoms with Crippen molar-refractivity contribution >= 4 is 12.8 Å². The van der Waals surface area contributed by atoms with Crippen LogP contribution in [0.25, 0.3) is 0 Å². The summed E-state index contributed by atoms with van der Waals surface area (Å²) in [6, 6.07) is 0. The zero-order chi connectivity index (χ0) is 7.54. The molecule has 58 valence electrons. The van der Waals surface area contributed by atoms with Crippen molar-refractivity contribution in [2.24, 2.45) is 0 Å². The molecule has 0 amide bonds. The third-order valence-electron chi connectivity index (χ3n) is 0.236. The monoisotopic (exact) mass is 316 g/mol. The fraction of sp³-hybridized carbons (Fsp3) is 0.600. The molecule has 0 aromatic rings.